The highest BCUT2D eigenvalue weighted by molar-refractivity contribution is 5.99. The van der Waals surface area contributed by atoms with E-state index < -0.39 is 12.0 Å². The van der Waals surface area contributed by atoms with Gasteiger partial charge in [0.2, 0.25) is 5.95 Å². The molecular weight excluding hydrogens is 316 g/mol. The maximum atomic E-state index is 12.6. The Bertz CT molecular complexity index is 976. The van der Waals surface area contributed by atoms with Gasteiger partial charge in [-0.3, -0.25) is 4.57 Å². The van der Waals surface area contributed by atoms with E-state index >= 15 is 0 Å². The fourth-order valence-corrected chi connectivity index (χ4v) is 3.16. The SMILES string of the molecule is CCOC(=O)C1=C(N)n2c(nc3ccccc32)NC1c1ccccc1. The number of hydrogen-bond acceptors (Lipinski definition) is 5. The second-order valence-corrected chi connectivity index (χ2v) is 5.77. The molecule has 0 spiro atoms. The molecule has 3 aromatic rings. The van der Waals surface area contributed by atoms with E-state index in [9.17, 15) is 4.79 Å². The summed E-state index contributed by atoms with van der Waals surface area (Å²) in [4.78, 5) is 17.2. The van der Waals surface area contributed by atoms with Gasteiger partial charge in [-0.05, 0) is 24.6 Å². The van der Waals surface area contributed by atoms with Crippen LogP contribution in [0.15, 0.2) is 60.2 Å². The Morgan fingerprint density at radius 3 is 2.68 bits per heavy atom. The molecule has 0 radical (unpaired) electrons. The van der Waals surface area contributed by atoms with Crippen LogP contribution >= 0.6 is 0 Å². The van der Waals surface area contributed by atoms with Crippen molar-refractivity contribution < 1.29 is 9.53 Å². The van der Waals surface area contributed by atoms with Crippen molar-refractivity contribution in [1.82, 2.24) is 9.55 Å². The summed E-state index contributed by atoms with van der Waals surface area (Å²) in [5, 5.41) is 3.34. The lowest BCUT2D eigenvalue weighted by molar-refractivity contribution is -0.138. The van der Waals surface area contributed by atoms with E-state index in [1.165, 1.54) is 0 Å². The van der Waals surface area contributed by atoms with Crippen LogP contribution in [-0.2, 0) is 9.53 Å². The molecule has 1 unspecified atom stereocenters. The number of nitrogens with two attached hydrogens (primary N) is 1. The largest absolute Gasteiger partial charge is 0.462 e. The predicted octanol–water partition coefficient (Wildman–Crippen LogP) is 2.89. The fourth-order valence-electron chi connectivity index (χ4n) is 3.16. The lowest BCUT2D eigenvalue weighted by atomic mass is 9.97. The molecule has 0 fully saturated rings. The molecule has 1 aliphatic rings. The number of carbonyl (C=O) groups excluding carboxylic acids is 1. The maximum Gasteiger partial charge on any atom is 0.340 e. The zero-order chi connectivity index (χ0) is 17.4. The molecular formula is C19H18N4O2. The first kappa shape index (κ1) is 15.3. The van der Waals surface area contributed by atoms with Gasteiger partial charge in [-0.2, -0.15) is 0 Å². The fraction of sp³-hybridized carbons (Fsp3) is 0.158. The summed E-state index contributed by atoms with van der Waals surface area (Å²) >= 11 is 0. The number of carbonyl (C=O) groups is 1. The van der Waals surface area contributed by atoms with Crippen molar-refractivity contribution in [1.29, 1.82) is 0 Å². The van der Waals surface area contributed by atoms with Crippen LogP contribution in [0.25, 0.3) is 16.9 Å². The molecule has 1 aromatic heterocycles. The molecule has 0 amide bonds. The van der Waals surface area contributed by atoms with E-state index in [-0.39, 0.29) is 6.61 Å². The molecule has 0 aliphatic carbocycles. The Balaban J connectivity index is 1.94. The van der Waals surface area contributed by atoms with Gasteiger partial charge < -0.3 is 15.8 Å². The van der Waals surface area contributed by atoms with Crippen LogP contribution in [0.2, 0.25) is 0 Å². The molecule has 6 heteroatoms. The second-order valence-electron chi connectivity index (χ2n) is 5.77. The minimum Gasteiger partial charge on any atom is -0.462 e. The van der Waals surface area contributed by atoms with E-state index in [0.29, 0.717) is 17.3 Å². The van der Waals surface area contributed by atoms with Crippen LogP contribution in [0.3, 0.4) is 0 Å². The van der Waals surface area contributed by atoms with Crippen LogP contribution in [0.1, 0.15) is 18.5 Å². The van der Waals surface area contributed by atoms with E-state index in [0.717, 1.165) is 16.6 Å². The average molecular weight is 334 g/mol. The quantitative estimate of drug-likeness (QED) is 0.720. The van der Waals surface area contributed by atoms with Crippen LogP contribution in [-0.4, -0.2) is 22.1 Å². The van der Waals surface area contributed by atoms with Gasteiger partial charge in [0.1, 0.15) is 11.4 Å². The number of fused-ring (bicyclic) bond motifs is 3. The topological polar surface area (TPSA) is 82.2 Å². The molecule has 2 heterocycles. The van der Waals surface area contributed by atoms with E-state index in [4.69, 9.17) is 10.5 Å². The Labute approximate surface area is 144 Å². The number of anilines is 1. The molecule has 2 aromatic carbocycles. The number of rotatable bonds is 3. The molecule has 4 rings (SSSR count). The van der Waals surface area contributed by atoms with Crippen molar-refractivity contribution in [3.63, 3.8) is 0 Å². The van der Waals surface area contributed by atoms with Gasteiger partial charge in [-0.25, -0.2) is 9.78 Å². The van der Waals surface area contributed by atoms with Gasteiger partial charge in [0.05, 0.1) is 23.7 Å². The molecule has 0 saturated carbocycles. The van der Waals surface area contributed by atoms with E-state index in [2.05, 4.69) is 10.3 Å². The van der Waals surface area contributed by atoms with Crippen molar-refractivity contribution in [2.45, 2.75) is 13.0 Å². The van der Waals surface area contributed by atoms with Gasteiger partial charge >= 0.3 is 5.97 Å². The van der Waals surface area contributed by atoms with Crippen LogP contribution in [0.5, 0.6) is 0 Å². The first-order chi connectivity index (χ1) is 12.2. The number of nitrogens with zero attached hydrogens (tertiary/aromatic N) is 2. The maximum absolute atomic E-state index is 12.6. The number of esters is 1. The van der Waals surface area contributed by atoms with Crippen LogP contribution in [0, 0.1) is 0 Å². The summed E-state index contributed by atoms with van der Waals surface area (Å²) in [5.41, 5.74) is 9.39. The predicted molar refractivity (Wildman–Crippen MR) is 96.6 cm³/mol. The molecule has 126 valence electrons. The average Bonchev–Trinajstić information content (AvgIpc) is 3.01. The third kappa shape index (κ3) is 2.42. The van der Waals surface area contributed by atoms with Gasteiger partial charge in [0.25, 0.3) is 0 Å². The number of imidazole rings is 1. The zero-order valence-electron chi connectivity index (χ0n) is 13.8. The highest BCUT2D eigenvalue weighted by atomic mass is 16.5. The van der Waals surface area contributed by atoms with Gasteiger partial charge in [0.15, 0.2) is 0 Å². The van der Waals surface area contributed by atoms with E-state index in [1.54, 1.807) is 11.5 Å². The van der Waals surface area contributed by atoms with Crippen LogP contribution < -0.4 is 11.1 Å². The summed E-state index contributed by atoms with van der Waals surface area (Å²) in [6, 6.07) is 16.9. The van der Waals surface area contributed by atoms with Gasteiger partial charge in [-0.1, -0.05) is 42.5 Å². The lowest BCUT2D eigenvalue weighted by Gasteiger charge is -2.28. The minimum atomic E-state index is -0.426. The summed E-state index contributed by atoms with van der Waals surface area (Å²) < 4.78 is 7.02. The highest BCUT2D eigenvalue weighted by Gasteiger charge is 2.34. The van der Waals surface area contributed by atoms with Crippen molar-refractivity contribution in [2.24, 2.45) is 5.73 Å². The van der Waals surface area contributed by atoms with Crippen molar-refractivity contribution in [2.75, 3.05) is 11.9 Å². The Kier molecular flexibility index (Phi) is 3.65. The smallest absolute Gasteiger partial charge is 0.340 e. The van der Waals surface area contributed by atoms with Crippen LogP contribution in [0.4, 0.5) is 5.95 Å². The number of ether oxygens (including phenoxy) is 1. The monoisotopic (exact) mass is 334 g/mol. The van der Waals surface area contributed by atoms with E-state index in [1.807, 2.05) is 54.6 Å². The standard InChI is InChI=1S/C19H18N4O2/c1-2-25-18(24)15-16(12-8-4-3-5-9-12)22-19-21-13-10-6-7-11-14(13)23(19)17(15)20/h3-11,16H,2,20H2,1H3,(H,21,22). The molecule has 6 nitrogen and oxygen atoms in total. The zero-order valence-corrected chi connectivity index (χ0v) is 13.8. The third-order valence-corrected chi connectivity index (χ3v) is 4.27. The van der Waals surface area contributed by atoms with Crippen molar-refractivity contribution >= 4 is 28.8 Å². The van der Waals surface area contributed by atoms with Gasteiger partial charge in [-0.15, -0.1) is 0 Å². The number of aromatic nitrogens is 2. The molecule has 1 atom stereocenters. The summed E-state index contributed by atoms with van der Waals surface area (Å²) in [6.45, 7) is 2.06. The Morgan fingerprint density at radius 1 is 1.20 bits per heavy atom. The molecule has 0 bridgehead atoms. The molecule has 3 N–H and O–H groups in total. The lowest BCUT2D eigenvalue weighted by Crippen LogP contribution is -2.31. The minimum absolute atomic E-state index is 0.286. The first-order valence-corrected chi connectivity index (χ1v) is 8.16. The summed E-state index contributed by atoms with van der Waals surface area (Å²) in [7, 11) is 0. The second kappa shape index (κ2) is 5.98. The molecule has 25 heavy (non-hydrogen) atoms. The first-order valence-electron chi connectivity index (χ1n) is 8.16. The highest BCUT2D eigenvalue weighted by Crippen LogP contribution is 2.36. The van der Waals surface area contributed by atoms with Crippen molar-refractivity contribution in [3.05, 3.63) is 65.7 Å². The Hall–Kier alpha value is -3.28. The number of benzene rings is 2. The molecule has 0 saturated heterocycles. The summed E-state index contributed by atoms with van der Waals surface area (Å²) in [6.07, 6.45) is 0. The number of nitrogens with one attached hydrogen (secondary N) is 1. The third-order valence-electron chi connectivity index (χ3n) is 4.27. The molecule has 1 aliphatic heterocycles. The number of para-hydroxylation sites is 2. The number of hydrogen-bond donors (Lipinski definition) is 2. The summed E-state index contributed by atoms with van der Waals surface area (Å²) in [5.74, 6) is 0.528. The van der Waals surface area contributed by atoms with Crippen molar-refractivity contribution in [3.8, 4) is 0 Å². The van der Waals surface area contributed by atoms with Gasteiger partial charge in [0, 0.05) is 0 Å². The normalized spacial score (nSPS) is 16.4. The Morgan fingerprint density at radius 2 is 1.92 bits per heavy atom.